The Bertz CT molecular complexity index is 484. The molecule has 94 valence electrons. The van der Waals surface area contributed by atoms with Gasteiger partial charge in [-0.25, -0.2) is 24.4 Å². The molecule has 0 fully saturated rings. The third-order valence-corrected chi connectivity index (χ3v) is 2.62. The fraction of sp³-hybridized carbons (Fsp3) is 0.250. The number of rotatable bonds is 5. The van der Waals surface area contributed by atoms with Gasteiger partial charge in [-0.3, -0.25) is 4.79 Å². The van der Waals surface area contributed by atoms with Crippen LogP contribution >= 0.6 is 0 Å². The first-order chi connectivity index (χ1) is 7.92. The zero-order valence-electron chi connectivity index (χ0n) is 8.88. The van der Waals surface area contributed by atoms with E-state index in [-0.39, 0.29) is 12.3 Å². The van der Waals surface area contributed by atoms with Crippen molar-refractivity contribution in [2.24, 2.45) is 11.0 Å². The van der Waals surface area contributed by atoms with Crippen LogP contribution in [-0.4, -0.2) is 31.6 Å². The summed E-state index contributed by atoms with van der Waals surface area (Å²) in [6, 6.07) is 3.03. The molecule has 0 aliphatic carbocycles. The molecule has 8 nitrogen and oxygen atoms in total. The van der Waals surface area contributed by atoms with Crippen LogP contribution in [0.25, 0.3) is 0 Å². The van der Waals surface area contributed by atoms with Crippen molar-refractivity contribution in [1.29, 1.82) is 0 Å². The van der Waals surface area contributed by atoms with Crippen LogP contribution in [0.4, 0.5) is 5.82 Å². The standard InChI is InChI=1S/C8H13N5O3S/c9-13-7-2-1-6(5-12-7)8(14)11-3-4-17(10,15)16/h1-2,5H,3-4,9H2,(H,11,14)(H,12,13)(H2,10,15,16). The van der Waals surface area contributed by atoms with Crippen LogP contribution in [0.15, 0.2) is 18.3 Å². The van der Waals surface area contributed by atoms with E-state index in [0.29, 0.717) is 11.4 Å². The zero-order chi connectivity index (χ0) is 12.9. The third kappa shape index (κ3) is 4.76. The van der Waals surface area contributed by atoms with Crippen molar-refractivity contribution in [3.05, 3.63) is 23.9 Å². The maximum atomic E-state index is 11.5. The van der Waals surface area contributed by atoms with Gasteiger partial charge in [0.2, 0.25) is 10.0 Å². The minimum Gasteiger partial charge on any atom is -0.351 e. The lowest BCUT2D eigenvalue weighted by Crippen LogP contribution is -2.31. The number of nitrogens with one attached hydrogen (secondary N) is 2. The molecule has 0 radical (unpaired) electrons. The van der Waals surface area contributed by atoms with Gasteiger partial charge >= 0.3 is 0 Å². The molecule has 0 aromatic carbocycles. The molecule has 0 aliphatic heterocycles. The summed E-state index contributed by atoms with van der Waals surface area (Å²) in [5.41, 5.74) is 2.62. The maximum absolute atomic E-state index is 11.5. The minimum absolute atomic E-state index is 0.0471. The second kappa shape index (κ2) is 5.57. The summed E-state index contributed by atoms with van der Waals surface area (Å²) in [6.45, 7) is -0.0471. The number of anilines is 1. The molecule has 0 spiro atoms. The summed E-state index contributed by atoms with van der Waals surface area (Å²) in [6.07, 6.45) is 1.32. The molecule has 0 atom stereocenters. The molecule has 0 bridgehead atoms. The fourth-order valence-electron chi connectivity index (χ4n) is 1.02. The number of hydrazine groups is 1. The van der Waals surface area contributed by atoms with E-state index >= 15 is 0 Å². The number of pyridine rings is 1. The lowest BCUT2D eigenvalue weighted by molar-refractivity contribution is 0.0956. The van der Waals surface area contributed by atoms with E-state index in [1.165, 1.54) is 18.3 Å². The van der Waals surface area contributed by atoms with Gasteiger partial charge in [-0.2, -0.15) is 0 Å². The topological polar surface area (TPSA) is 140 Å². The molecule has 1 aromatic heterocycles. The van der Waals surface area contributed by atoms with Crippen LogP contribution in [0.2, 0.25) is 0 Å². The van der Waals surface area contributed by atoms with E-state index in [0.717, 1.165) is 0 Å². The highest BCUT2D eigenvalue weighted by molar-refractivity contribution is 7.89. The van der Waals surface area contributed by atoms with Gasteiger partial charge < -0.3 is 10.7 Å². The van der Waals surface area contributed by atoms with Crippen molar-refractivity contribution in [1.82, 2.24) is 10.3 Å². The van der Waals surface area contributed by atoms with Gasteiger partial charge in [0.25, 0.3) is 5.91 Å². The second-order valence-corrected chi connectivity index (χ2v) is 4.93. The predicted molar refractivity (Wildman–Crippen MR) is 62.4 cm³/mol. The van der Waals surface area contributed by atoms with Gasteiger partial charge in [0.15, 0.2) is 0 Å². The molecule has 0 saturated carbocycles. The van der Waals surface area contributed by atoms with Gasteiger partial charge in [-0.05, 0) is 12.1 Å². The average molecular weight is 259 g/mol. The summed E-state index contributed by atoms with van der Waals surface area (Å²) in [5, 5.41) is 7.19. The Morgan fingerprint density at radius 2 is 2.12 bits per heavy atom. The lowest BCUT2D eigenvalue weighted by atomic mass is 10.2. The number of nitrogen functional groups attached to an aromatic ring is 1. The zero-order valence-corrected chi connectivity index (χ0v) is 9.70. The second-order valence-electron chi connectivity index (χ2n) is 3.20. The first kappa shape index (κ1) is 13.4. The summed E-state index contributed by atoms with van der Waals surface area (Å²) >= 11 is 0. The SMILES string of the molecule is NNc1ccc(C(=O)NCCS(N)(=O)=O)cn1. The Labute approximate surface area is 98.4 Å². The van der Waals surface area contributed by atoms with Crippen molar-refractivity contribution in [2.75, 3.05) is 17.7 Å². The molecule has 0 unspecified atom stereocenters. The number of amides is 1. The highest BCUT2D eigenvalue weighted by Crippen LogP contribution is 2.02. The number of hydrogen-bond acceptors (Lipinski definition) is 6. The molecule has 9 heteroatoms. The first-order valence-corrected chi connectivity index (χ1v) is 6.35. The van der Waals surface area contributed by atoms with Gasteiger partial charge in [0.05, 0.1) is 11.3 Å². The van der Waals surface area contributed by atoms with E-state index in [1.54, 1.807) is 0 Å². The first-order valence-electron chi connectivity index (χ1n) is 4.64. The van der Waals surface area contributed by atoms with Gasteiger partial charge in [-0.1, -0.05) is 0 Å². The number of carbonyl (C=O) groups excluding carboxylic acids is 1. The van der Waals surface area contributed by atoms with E-state index in [9.17, 15) is 13.2 Å². The van der Waals surface area contributed by atoms with E-state index < -0.39 is 15.9 Å². The van der Waals surface area contributed by atoms with E-state index in [1.807, 2.05) is 0 Å². The summed E-state index contributed by atoms with van der Waals surface area (Å²) in [4.78, 5) is 15.3. The highest BCUT2D eigenvalue weighted by Gasteiger charge is 2.07. The fourth-order valence-corrected chi connectivity index (χ4v) is 1.41. The molecular formula is C8H13N5O3S. The van der Waals surface area contributed by atoms with Crippen molar-refractivity contribution in [3.63, 3.8) is 0 Å². The molecule has 1 rings (SSSR count). The quantitative estimate of drug-likeness (QED) is 0.370. The van der Waals surface area contributed by atoms with Crippen molar-refractivity contribution < 1.29 is 13.2 Å². The minimum atomic E-state index is -3.57. The van der Waals surface area contributed by atoms with Gasteiger partial charge in [-0.15, -0.1) is 0 Å². The van der Waals surface area contributed by atoms with Crippen LogP contribution in [-0.2, 0) is 10.0 Å². The average Bonchev–Trinajstić information content (AvgIpc) is 2.27. The van der Waals surface area contributed by atoms with Crippen LogP contribution in [0, 0.1) is 0 Å². The molecule has 0 aliphatic rings. The van der Waals surface area contributed by atoms with Crippen LogP contribution in [0.3, 0.4) is 0 Å². The van der Waals surface area contributed by atoms with Crippen molar-refractivity contribution >= 4 is 21.7 Å². The molecule has 6 N–H and O–H groups in total. The highest BCUT2D eigenvalue weighted by atomic mass is 32.2. The molecule has 1 amide bonds. The molecular weight excluding hydrogens is 246 g/mol. The number of primary sulfonamides is 1. The number of hydrogen-bond donors (Lipinski definition) is 4. The Balaban J connectivity index is 2.52. The monoisotopic (exact) mass is 259 g/mol. The Hall–Kier alpha value is -1.71. The third-order valence-electron chi connectivity index (χ3n) is 1.85. The number of nitrogens with zero attached hydrogens (tertiary/aromatic N) is 1. The summed E-state index contributed by atoms with van der Waals surface area (Å²) < 4.78 is 21.2. The number of carbonyl (C=O) groups is 1. The summed E-state index contributed by atoms with van der Waals surface area (Å²) in [7, 11) is -3.57. The van der Waals surface area contributed by atoms with Crippen LogP contribution in [0.1, 0.15) is 10.4 Å². The molecule has 1 aromatic rings. The number of nitrogens with two attached hydrogens (primary N) is 2. The lowest BCUT2D eigenvalue weighted by Gasteiger charge is -2.04. The largest absolute Gasteiger partial charge is 0.351 e. The predicted octanol–water partition coefficient (Wildman–Crippen LogP) is -1.61. The van der Waals surface area contributed by atoms with E-state index in [4.69, 9.17) is 11.0 Å². The van der Waals surface area contributed by atoms with Gasteiger partial charge in [0, 0.05) is 12.7 Å². The normalized spacial score (nSPS) is 10.9. The Morgan fingerprint density at radius 3 is 2.59 bits per heavy atom. The van der Waals surface area contributed by atoms with Gasteiger partial charge in [0.1, 0.15) is 5.82 Å². The number of aromatic nitrogens is 1. The number of sulfonamides is 1. The van der Waals surface area contributed by atoms with Crippen molar-refractivity contribution in [2.45, 2.75) is 0 Å². The molecule has 0 saturated heterocycles. The smallest absolute Gasteiger partial charge is 0.252 e. The van der Waals surface area contributed by atoms with Crippen LogP contribution < -0.4 is 21.7 Å². The Kier molecular flexibility index (Phi) is 4.37. The Morgan fingerprint density at radius 1 is 1.41 bits per heavy atom. The maximum Gasteiger partial charge on any atom is 0.252 e. The van der Waals surface area contributed by atoms with Crippen LogP contribution in [0.5, 0.6) is 0 Å². The molecule has 17 heavy (non-hydrogen) atoms. The van der Waals surface area contributed by atoms with Crippen molar-refractivity contribution in [3.8, 4) is 0 Å². The molecule has 1 heterocycles. The van der Waals surface area contributed by atoms with E-state index in [2.05, 4.69) is 15.7 Å². The summed E-state index contributed by atoms with van der Waals surface area (Å²) in [5.74, 6) is 4.80.